The van der Waals surface area contributed by atoms with Crippen molar-refractivity contribution in [1.29, 1.82) is 0 Å². The molecule has 0 bridgehead atoms. The highest BCUT2D eigenvalue weighted by Gasteiger charge is 2.23. The Balaban J connectivity index is 3.37. The van der Waals surface area contributed by atoms with E-state index in [2.05, 4.69) is 0 Å². The van der Waals surface area contributed by atoms with Crippen LogP contribution in [-0.2, 0) is 4.74 Å². The van der Waals surface area contributed by atoms with Crippen molar-refractivity contribution < 1.29 is 23.7 Å². The monoisotopic (exact) mass is 269 g/mol. The molecule has 0 atom stereocenters. The van der Waals surface area contributed by atoms with Gasteiger partial charge in [-0.1, -0.05) is 0 Å². The summed E-state index contributed by atoms with van der Waals surface area (Å²) in [6, 6.07) is 1.47. The summed E-state index contributed by atoms with van der Waals surface area (Å²) in [5, 5.41) is 0. The van der Waals surface area contributed by atoms with E-state index < -0.39 is 5.97 Å². The molecule has 0 saturated carbocycles. The van der Waals surface area contributed by atoms with Crippen LogP contribution in [-0.4, -0.2) is 33.4 Å². The van der Waals surface area contributed by atoms with Crippen LogP contribution >= 0.6 is 0 Å². The SMILES string of the molecule is COc1cc(C(=O)OC(C)C)c(N)c(OC)c1OC. The Morgan fingerprint density at radius 1 is 1.11 bits per heavy atom. The number of rotatable bonds is 5. The molecule has 2 N–H and O–H groups in total. The summed E-state index contributed by atoms with van der Waals surface area (Å²) in [5.41, 5.74) is 6.25. The summed E-state index contributed by atoms with van der Waals surface area (Å²) in [5.74, 6) is 0.400. The molecule has 1 aromatic rings. The van der Waals surface area contributed by atoms with Crippen molar-refractivity contribution in [2.24, 2.45) is 0 Å². The van der Waals surface area contributed by atoms with Gasteiger partial charge < -0.3 is 24.7 Å². The second-order valence-corrected chi connectivity index (χ2v) is 4.06. The molecule has 0 fully saturated rings. The van der Waals surface area contributed by atoms with Crippen molar-refractivity contribution in [3.63, 3.8) is 0 Å². The summed E-state index contributed by atoms with van der Waals surface area (Å²) in [7, 11) is 4.36. The molecule has 0 unspecified atom stereocenters. The quantitative estimate of drug-likeness (QED) is 0.649. The van der Waals surface area contributed by atoms with Gasteiger partial charge in [0, 0.05) is 6.07 Å². The van der Waals surface area contributed by atoms with E-state index in [1.54, 1.807) is 13.8 Å². The lowest BCUT2D eigenvalue weighted by atomic mass is 10.1. The van der Waals surface area contributed by atoms with Crippen LogP contribution in [0.25, 0.3) is 0 Å². The van der Waals surface area contributed by atoms with Gasteiger partial charge in [-0.3, -0.25) is 0 Å². The van der Waals surface area contributed by atoms with Crippen LogP contribution in [0.3, 0.4) is 0 Å². The largest absolute Gasteiger partial charge is 0.493 e. The zero-order chi connectivity index (χ0) is 14.6. The molecule has 0 saturated heterocycles. The van der Waals surface area contributed by atoms with Crippen molar-refractivity contribution >= 4 is 11.7 Å². The molecule has 0 amide bonds. The molecule has 6 nitrogen and oxygen atoms in total. The standard InChI is InChI=1S/C13H19NO5/c1-7(2)19-13(15)8-6-9(16-3)11(17-4)12(18-5)10(8)14/h6-7H,14H2,1-5H3. The van der Waals surface area contributed by atoms with E-state index in [9.17, 15) is 4.79 Å². The lowest BCUT2D eigenvalue weighted by molar-refractivity contribution is 0.0378. The Hall–Kier alpha value is -2.11. The van der Waals surface area contributed by atoms with Crippen LogP contribution in [0.5, 0.6) is 17.2 Å². The van der Waals surface area contributed by atoms with E-state index in [4.69, 9.17) is 24.7 Å². The summed E-state index contributed by atoms with van der Waals surface area (Å²) >= 11 is 0. The highest BCUT2D eigenvalue weighted by Crippen LogP contribution is 2.43. The van der Waals surface area contributed by atoms with E-state index >= 15 is 0 Å². The number of hydrogen-bond donors (Lipinski definition) is 1. The number of carbonyl (C=O) groups is 1. The first kappa shape index (κ1) is 14.9. The maximum absolute atomic E-state index is 12.0. The predicted molar refractivity (Wildman–Crippen MR) is 71.1 cm³/mol. The third-order valence-corrected chi connectivity index (χ3v) is 2.43. The average Bonchev–Trinajstić information content (AvgIpc) is 2.36. The average molecular weight is 269 g/mol. The van der Waals surface area contributed by atoms with E-state index in [0.717, 1.165) is 0 Å². The summed E-state index contributed by atoms with van der Waals surface area (Å²) in [6.45, 7) is 3.51. The maximum Gasteiger partial charge on any atom is 0.340 e. The second kappa shape index (κ2) is 6.17. The zero-order valence-electron chi connectivity index (χ0n) is 11.8. The first-order valence-electron chi connectivity index (χ1n) is 5.75. The minimum Gasteiger partial charge on any atom is -0.493 e. The van der Waals surface area contributed by atoms with E-state index in [0.29, 0.717) is 11.5 Å². The van der Waals surface area contributed by atoms with Crippen LogP contribution in [0.15, 0.2) is 6.07 Å². The van der Waals surface area contributed by atoms with Gasteiger partial charge in [-0.25, -0.2) is 4.79 Å². The lowest BCUT2D eigenvalue weighted by Gasteiger charge is -2.17. The third-order valence-electron chi connectivity index (χ3n) is 2.43. The molecule has 19 heavy (non-hydrogen) atoms. The first-order valence-corrected chi connectivity index (χ1v) is 5.75. The fourth-order valence-corrected chi connectivity index (χ4v) is 1.62. The number of nitrogens with two attached hydrogens (primary N) is 1. The highest BCUT2D eigenvalue weighted by molar-refractivity contribution is 5.98. The van der Waals surface area contributed by atoms with Gasteiger partial charge in [-0.2, -0.15) is 0 Å². The number of methoxy groups -OCH3 is 3. The number of ether oxygens (including phenoxy) is 4. The Morgan fingerprint density at radius 2 is 1.68 bits per heavy atom. The highest BCUT2D eigenvalue weighted by atomic mass is 16.5. The number of anilines is 1. The van der Waals surface area contributed by atoms with Crippen LogP contribution in [0, 0.1) is 0 Å². The van der Waals surface area contributed by atoms with Crippen molar-refractivity contribution in [3.8, 4) is 17.2 Å². The number of esters is 1. The van der Waals surface area contributed by atoms with Gasteiger partial charge >= 0.3 is 5.97 Å². The summed E-state index contributed by atoms with van der Waals surface area (Å²) in [4.78, 5) is 12.0. The minimum absolute atomic E-state index is 0.158. The van der Waals surface area contributed by atoms with E-state index in [1.807, 2.05) is 0 Å². The number of benzene rings is 1. The number of carbonyl (C=O) groups excluding carboxylic acids is 1. The van der Waals surface area contributed by atoms with Gasteiger partial charge in [-0.05, 0) is 13.8 Å². The molecular formula is C13H19NO5. The van der Waals surface area contributed by atoms with E-state index in [-0.39, 0.29) is 23.1 Å². The van der Waals surface area contributed by atoms with Crippen molar-refractivity contribution in [2.75, 3.05) is 27.1 Å². The van der Waals surface area contributed by atoms with Gasteiger partial charge in [0.05, 0.1) is 38.7 Å². The molecular weight excluding hydrogens is 250 g/mol. The predicted octanol–water partition coefficient (Wildman–Crippen LogP) is 1.86. The molecule has 0 radical (unpaired) electrons. The molecule has 0 aromatic heterocycles. The fraction of sp³-hybridized carbons (Fsp3) is 0.462. The molecule has 6 heteroatoms. The van der Waals surface area contributed by atoms with Crippen molar-refractivity contribution in [1.82, 2.24) is 0 Å². The van der Waals surface area contributed by atoms with Gasteiger partial charge in [0.1, 0.15) is 0 Å². The van der Waals surface area contributed by atoms with E-state index in [1.165, 1.54) is 27.4 Å². The molecule has 0 spiro atoms. The lowest BCUT2D eigenvalue weighted by Crippen LogP contribution is -2.14. The molecule has 0 aliphatic rings. The van der Waals surface area contributed by atoms with Gasteiger partial charge in [-0.15, -0.1) is 0 Å². The van der Waals surface area contributed by atoms with Gasteiger partial charge in [0.15, 0.2) is 11.5 Å². The topological polar surface area (TPSA) is 80.0 Å². The van der Waals surface area contributed by atoms with Crippen LogP contribution < -0.4 is 19.9 Å². The normalized spacial score (nSPS) is 10.2. The second-order valence-electron chi connectivity index (χ2n) is 4.06. The molecule has 1 rings (SSSR count). The molecule has 1 aromatic carbocycles. The van der Waals surface area contributed by atoms with Crippen LogP contribution in [0.4, 0.5) is 5.69 Å². The Morgan fingerprint density at radius 3 is 2.11 bits per heavy atom. The van der Waals surface area contributed by atoms with Crippen molar-refractivity contribution in [2.45, 2.75) is 20.0 Å². The number of nitrogen functional groups attached to an aromatic ring is 1. The summed E-state index contributed by atoms with van der Waals surface area (Å²) in [6.07, 6.45) is -0.244. The molecule has 106 valence electrons. The first-order chi connectivity index (χ1) is 8.96. The summed E-state index contributed by atoms with van der Waals surface area (Å²) < 4.78 is 20.6. The maximum atomic E-state index is 12.0. The Kier molecular flexibility index (Phi) is 4.86. The van der Waals surface area contributed by atoms with Crippen molar-refractivity contribution in [3.05, 3.63) is 11.6 Å². The van der Waals surface area contributed by atoms with Gasteiger partial charge in [0.25, 0.3) is 0 Å². The third kappa shape index (κ3) is 3.01. The van der Waals surface area contributed by atoms with Gasteiger partial charge in [0.2, 0.25) is 5.75 Å². The zero-order valence-corrected chi connectivity index (χ0v) is 11.8. The molecule has 0 aliphatic carbocycles. The van der Waals surface area contributed by atoms with Crippen LogP contribution in [0.1, 0.15) is 24.2 Å². The number of hydrogen-bond acceptors (Lipinski definition) is 6. The minimum atomic E-state index is -0.535. The van der Waals surface area contributed by atoms with Crippen LogP contribution in [0.2, 0.25) is 0 Å². The molecule has 0 aliphatic heterocycles. The smallest absolute Gasteiger partial charge is 0.340 e. The Labute approximate surface area is 112 Å². The molecule has 0 heterocycles. The fourth-order valence-electron chi connectivity index (χ4n) is 1.62. The Bertz CT molecular complexity index is 471.